The lowest BCUT2D eigenvalue weighted by Gasteiger charge is -2.10. The van der Waals surface area contributed by atoms with Crippen LogP contribution in [0.4, 0.5) is 0 Å². The van der Waals surface area contributed by atoms with E-state index in [1.807, 2.05) is 0 Å². The minimum absolute atomic E-state index is 0.0271. The fraction of sp³-hybridized carbons (Fsp3) is 0.921. The lowest BCUT2D eigenvalue weighted by atomic mass is 10.0. The Hall–Kier alpha value is -0.830. The van der Waals surface area contributed by atoms with Crippen molar-refractivity contribution >= 4 is 5.97 Å². The van der Waals surface area contributed by atoms with Crippen LogP contribution in [0.2, 0.25) is 0 Å². The summed E-state index contributed by atoms with van der Waals surface area (Å²) in [4.78, 5) is 10.3. The van der Waals surface area contributed by atoms with Crippen LogP contribution in [0.3, 0.4) is 0 Å². The summed E-state index contributed by atoms with van der Waals surface area (Å²) in [5.74, 6) is -0.664. The Labute approximate surface area is 258 Å². The predicted molar refractivity (Wildman–Crippen MR) is 183 cm³/mol. The van der Waals surface area contributed by atoms with Gasteiger partial charge in [-0.25, -0.2) is 0 Å². The number of aliphatic carboxylic acids is 1. The van der Waals surface area contributed by atoms with Crippen LogP contribution in [0.1, 0.15) is 220 Å². The molecule has 0 spiro atoms. The minimum Gasteiger partial charge on any atom is -0.481 e. The molecule has 0 aromatic carbocycles. The normalized spacial score (nSPS) is 12.0. The van der Waals surface area contributed by atoms with E-state index in [1.54, 1.807) is 0 Å². The summed E-state index contributed by atoms with van der Waals surface area (Å²) >= 11 is 0. The number of unbranched alkanes of at least 4 members (excludes halogenated alkanes) is 24. The number of carboxylic acid groups (broad SMARTS) is 1. The van der Waals surface area contributed by atoms with Gasteiger partial charge in [-0.1, -0.05) is 181 Å². The molecule has 246 valence electrons. The van der Waals surface area contributed by atoms with E-state index in [9.17, 15) is 9.90 Å². The van der Waals surface area contributed by atoms with Crippen LogP contribution >= 0.6 is 0 Å². The summed E-state index contributed by atoms with van der Waals surface area (Å²) in [6, 6.07) is 0. The largest absolute Gasteiger partial charge is 0.481 e. The van der Waals surface area contributed by atoms with Crippen molar-refractivity contribution in [2.24, 2.45) is 0 Å². The molecule has 2 N–H and O–H groups in total. The molecule has 0 aliphatic heterocycles. The SMILES string of the molecule is CCCCCCCCC=CCCCCCCCC(=O)O.CCCCCCCCCCCC(O)CCCCCCCC. The Morgan fingerprint density at radius 2 is 0.756 bits per heavy atom. The molecule has 0 aliphatic rings. The van der Waals surface area contributed by atoms with Gasteiger partial charge in [-0.2, -0.15) is 0 Å². The first kappa shape index (κ1) is 42.3. The molecule has 0 saturated heterocycles. The number of aliphatic hydroxyl groups excluding tert-OH is 1. The molecule has 0 radical (unpaired) electrons. The number of carboxylic acids is 1. The van der Waals surface area contributed by atoms with Gasteiger partial charge in [0.05, 0.1) is 6.10 Å². The minimum atomic E-state index is -0.664. The summed E-state index contributed by atoms with van der Waals surface area (Å²) in [5, 5.41) is 18.5. The average Bonchev–Trinajstić information content (AvgIpc) is 2.96. The van der Waals surface area contributed by atoms with E-state index >= 15 is 0 Å². The number of carbonyl (C=O) groups is 1. The number of hydrogen-bond donors (Lipinski definition) is 2. The quantitative estimate of drug-likeness (QED) is 0.0614. The van der Waals surface area contributed by atoms with Crippen molar-refractivity contribution in [3.8, 4) is 0 Å². The van der Waals surface area contributed by atoms with E-state index in [-0.39, 0.29) is 6.10 Å². The Morgan fingerprint density at radius 1 is 0.463 bits per heavy atom. The van der Waals surface area contributed by atoms with Crippen LogP contribution in [0.5, 0.6) is 0 Å². The molecule has 0 aromatic rings. The number of aliphatic hydroxyl groups is 1. The van der Waals surface area contributed by atoms with E-state index in [2.05, 4.69) is 32.9 Å². The molecule has 3 heteroatoms. The Bertz CT molecular complexity index is 502. The van der Waals surface area contributed by atoms with Gasteiger partial charge in [0.2, 0.25) is 0 Å². The Balaban J connectivity index is 0. The molecule has 0 amide bonds. The summed E-state index contributed by atoms with van der Waals surface area (Å²) in [6.07, 6.45) is 43.6. The summed E-state index contributed by atoms with van der Waals surface area (Å²) in [6.45, 7) is 6.79. The molecule has 1 unspecified atom stereocenters. The molecular weight excluding hydrogens is 504 g/mol. The van der Waals surface area contributed by atoms with Gasteiger partial charge in [-0.3, -0.25) is 4.79 Å². The van der Waals surface area contributed by atoms with Crippen LogP contribution < -0.4 is 0 Å². The first-order valence-electron chi connectivity index (χ1n) is 18.6. The molecule has 3 nitrogen and oxygen atoms in total. The molecule has 0 aliphatic carbocycles. The lowest BCUT2D eigenvalue weighted by molar-refractivity contribution is -0.137. The molecule has 1 atom stereocenters. The highest BCUT2D eigenvalue weighted by Gasteiger charge is 2.03. The number of hydrogen-bond acceptors (Lipinski definition) is 2. The molecular formula is C38H76O3. The first-order valence-corrected chi connectivity index (χ1v) is 18.6. The maximum absolute atomic E-state index is 10.3. The van der Waals surface area contributed by atoms with Crippen LogP contribution in [0.15, 0.2) is 12.2 Å². The van der Waals surface area contributed by atoms with Gasteiger partial charge in [-0.05, 0) is 44.9 Å². The van der Waals surface area contributed by atoms with Crippen molar-refractivity contribution in [3.63, 3.8) is 0 Å². The van der Waals surface area contributed by atoms with Crippen LogP contribution in [-0.2, 0) is 4.79 Å². The van der Waals surface area contributed by atoms with Gasteiger partial charge in [0.25, 0.3) is 0 Å². The van der Waals surface area contributed by atoms with Gasteiger partial charge >= 0.3 is 5.97 Å². The molecule has 0 rings (SSSR count). The monoisotopic (exact) mass is 581 g/mol. The van der Waals surface area contributed by atoms with E-state index < -0.39 is 5.97 Å². The molecule has 0 aromatic heterocycles. The summed E-state index contributed by atoms with van der Waals surface area (Å²) in [5.41, 5.74) is 0. The van der Waals surface area contributed by atoms with Crippen molar-refractivity contribution in [2.75, 3.05) is 0 Å². The molecule has 0 heterocycles. The Morgan fingerprint density at radius 3 is 1.10 bits per heavy atom. The topological polar surface area (TPSA) is 57.5 Å². The zero-order valence-corrected chi connectivity index (χ0v) is 28.5. The molecule has 0 bridgehead atoms. The zero-order chi connectivity index (χ0) is 30.5. The number of rotatable bonds is 32. The highest BCUT2D eigenvalue weighted by Crippen LogP contribution is 2.15. The highest BCUT2D eigenvalue weighted by atomic mass is 16.4. The van der Waals surface area contributed by atoms with E-state index in [0.29, 0.717) is 6.42 Å². The fourth-order valence-corrected chi connectivity index (χ4v) is 5.34. The van der Waals surface area contributed by atoms with Gasteiger partial charge in [0.1, 0.15) is 0 Å². The number of allylic oxidation sites excluding steroid dienone is 2. The van der Waals surface area contributed by atoms with Gasteiger partial charge in [0, 0.05) is 6.42 Å². The third-order valence-corrected chi connectivity index (χ3v) is 8.18. The first-order chi connectivity index (χ1) is 20.1. The van der Waals surface area contributed by atoms with E-state index in [1.165, 1.54) is 167 Å². The van der Waals surface area contributed by atoms with Crippen molar-refractivity contribution < 1.29 is 15.0 Å². The second kappa shape index (κ2) is 39.2. The van der Waals surface area contributed by atoms with Crippen LogP contribution in [0, 0.1) is 0 Å². The Kier molecular flexibility index (Phi) is 40.4. The predicted octanol–water partition coefficient (Wildman–Crippen LogP) is 13.1. The lowest BCUT2D eigenvalue weighted by Crippen LogP contribution is -2.05. The highest BCUT2D eigenvalue weighted by molar-refractivity contribution is 5.66. The third kappa shape index (κ3) is 43.8. The smallest absolute Gasteiger partial charge is 0.303 e. The zero-order valence-electron chi connectivity index (χ0n) is 28.5. The van der Waals surface area contributed by atoms with Gasteiger partial charge in [-0.15, -0.1) is 0 Å². The van der Waals surface area contributed by atoms with Crippen LogP contribution in [0.25, 0.3) is 0 Å². The molecule has 41 heavy (non-hydrogen) atoms. The van der Waals surface area contributed by atoms with Crippen molar-refractivity contribution in [1.29, 1.82) is 0 Å². The average molecular weight is 581 g/mol. The summed E-state index contributed by atoms with van der Waals surface area (Å²) in [7, 11) is 0. The van der Waals surface area contributed by atoms with E-state index in [4.69, 9.17) is 5.11 Å². The fourth-order valence-electron chi connectivity index (χ4n) is 5.34. The molecule has 0 saturated carbocycles. The van der Waals surface area contributed by atoms with Crippen molar-refractivity contribution in [3.05, 3.63) is 12.2 Å². The second-order valence-electron chi connectivity index (χ2n) is 12.6. The summed E-state index contributed by atoms with van der Waals surface area (Å²) < 4.78 is 0. The van der Waals surface area contributed by atoms with Crippen molar-refractivity contribution in [1.82, 2.24) is 0 Å². The standard InChI is InChI=1S/C20H42O.C18H34O2/c1-3-5-7-9-11-12-13-15-17-19-20(21)18-16-14-10-8-6-4-2;1-2-3-4-5-6-7-8-9-10-11-12-13-14-15-16-17-18(19)20/h20-21H,3-19H2,1-2H3;9-10H,2-8,11-17H2,1H3,(H,19,20). The maximum Gasteiger partial charge on any atom is 0.303 e. The van der Waals surface area contributed by atoms with Gasteiger partial charge in [0.15, 0.2) is 0 Å². The van der Waals surface area contributed by atoms with Gasteiger partial charge < -0.3 is 10.2 Å². The van der Waals surface area contributed by atoms with Crippen molar-refractivity contribution in [2.45, 2.75) is 226 Å². The third-order valence-electron chi connectivity index (χ3n) is 8.18. The van der Waals surface area contributed by atoms with E-state index in [0.717, 1.165) is 25.7 Å². The second-order valence-corrected chi connectivity index (χ2v) is 12.6. The van der Waals surface area contributed by atoms with Crippen LogP contribution in [-0.4, -0.2) is 22.3 Å². The maximum atomic E-state index is 10.3. The molecule has 0 fully saturated rings.